The number of benzene rings is 2. The molecular weight excluding hydrogens is 397 g/mol. The third-order valence-electron chi connectivity index (χ3n) is 3.42. The van der Waals surface area contributed by atoms with Gasteiger partial charge in [0.05, 0.1) is 10.6 Å². The number of nitrogens with one attached hydrogen (secondary N) is 2. The minimum Gasteiger partial charge on any atom is -0.399 e. The SMILES string of the molecule is N#C/C(=C/NC(=O)c1ccc(N)cc1)C(=O)Nc1ccc(Cl)c(C(F)(F)F)c1. The fraction of sp³-hybridized carbons (Fsp3) is 0.0556. The van der Waals surface area contributed by atoms with Crippen LogP contribution < -0.4 is 16.4 Å². The first kappa shape index (κ1) is 20.8. The van der Waals surface area contributed by atoms with Crippen LogP contribution in [0.4, 0.5) is 24.5 Å². The number of rotatable bonds is 4. The van der Waals surface area contributed by atoms with Crippen LogP contribution in [-0.4, -0.2) is 11.8 Å². The highest BCUT2D eigenvalue weighted by molar-refractivity contribution is 6.31. The summed E-state index contributed by atoms with van der Waals surface area (Å²) in [4.78, 5) is 24.1. The van der Waals surface area contributed by atoms with E-state index < -0.39 is 34.1 Å². The second-order valence-corrected chi connectivity index (χ2v) is 5.82. The Labute approximate surface area is 162 Å². The van der Waals surface area contributed by atoms with Crippen molar-refractivity contribution in [2.45, 2.75) is 6.18 Å². The highest BCUT2D eigenvalue weighted by Gasteiger charge is 2.33. The molecule has 0 saturated heterocycles. The lowest BCUT2D eigenvalue weighted by molar-refractivity contribution is -0.137. The van der Waals surface area contributed by atoms with E-state index in [0.717, 1.165) is 18.3 Å². The van der Waals surface area contributed by atoms with Crippen molar-refractivity contribution in [3.63, 3.8) is 0 Å². The second kappa shape index (κ2) is 8.45. The molecule has 0 saturated carbocycles. The minimum absolute atomic E-state index is 0.215. The highest BCUT2D eigenvalue weighted by Crippen LogP contribution is 2.36. The van der Waals surface area contributed by atoms with Gasteiger partial charge >= 0.3 is 6.18 Å². The third kappa shape index (κ3) is 5.25. The number of nitrogens with zero attached hydrogens (tertiary/aromatic N) is 1. The van der Waals surface area contributed by atoms with E-state index in [-0.39, 0.29) is 11.3 Å². The molecule has 0 spiro atoms. The Hall–Kier alpha value is -3.51. The zero-order valence-corrected chi connectivity index (χ0v) is 14.7. The van der Waals surface area contributed by atoms with Gasteiger partial charge in [0.15, 0.2) is 0 Å². The summed E-state index contributed by atoms with van der Waals surface area (Å²) in [5, 5.41) is 12.9. The number of hydrogen-bond acceptors (Lipinski definition) is 4. The van der Waals surface area contributed by atoms with Gasteiger partial charge in [-0.15, -0.1) is 0 Å². The van der Waals surface area contributed by atoms with Crippen molar-refractivity contribution < 1.29 is 22.8 Å². The number of alkyl halides is 3. The molecule has 10 heteroatoms. The van der Waals surface area contributed by atoms with Crippen LogP contribution in [0.3, 0.4) is 0 Å². The Morgan fingerprint density at radius 1 is 1.14 bits per heavy atom. The van der Waals surface area contributed by atoms with E-state index >= 15 is 0 Å². The predicted octanol–water partition coefficient (Wildman–Crippen LogP) is 3.72. The van der Waals surface area contributed by atoms with Crippen molar-refractivity contribution in [3.05, 3.63) is 70.4 Å². The molecule has 0 heterocycles. The van der Waals surface area contributed by atoms with Crippen molar-refractivity contribution in [2.24, 2.45) is 0 Å². The molecular formula is C18H12ClF3N4O2. The molecule has 2 rings (SSSR count). The fourth-order valence-electron chi connectivity index (χ4n) is 2.02. The van der Waals surface area contributed by atoms with Crippen molar-refractivity contribution >= 4 is 34.8 Å². The van der Waals surface area contributed by atoms with Crippen LogP contribution in [0.25, 0.3) is 0 Å². The Morgan fingerprint density at radius 2 is 1.79 bits per heavy atom. The molecule has 0 unspecified atom stereocenters. The summed E-state index contributed by atoms with van der Waals surface area (Å²) >= 11 is 5.51. The molecule has 0 bridgehead atoms. The molecule has 0 aromatic heterocycles. The molecule has 0 atom stereocenters. The minimum atomic E-state index is -4.71. The largest absolute Gasteiger partial charge is 0.417 e. The number of carbonyl (C=O) groups is 2. The quantitative estimate of drug-likeness (QED) is 0.407. The average molecular weight is 409 g/mol. The molecule has 0 aliphatic heterocycles. The van der Waals surface area contributed by atoms with Crippen molar-refractivity contribution in [2.75, 3.05) is 11.1 Å². The summed E-state index contributed by atoms with van der Waals surface area (Å²) in [7, 11) is 0. The van der Waals surface area contributed by atoms with Crippen LogP contribution in [-0.2, 0) is 11.0 Å². The lowest BCUT2D eigenvalue weighted by Gasteiger charge is -2.11. The summed E-state index contributed by atoms with van der Waals surface area (Å²) in [5.41, 5.74) is 4.32. The number of nitrogens with two attached hydrogens (primary N) is 1. The van der Waals surface area contributed by atoms with Crippen LogP contribution >= 0.6 is 11.6 Å². The molecule has 4 N–H and O–H groups in total. The predicted molar refractivity (Wildman–Crippen MR) is 97.1 cm³/mol. The smallest absolute Gasteiger partial charge is 0.399 e. The summed E-state index contributed by atoms with van der Waals surface area (Å²) in [6.07, 6.45) is -3.85. The number of halogens is 4. The molecule has 0 radical (unpaired) electrons. The summed E-state index contributed by atoms with van der Waals surface area (Å²) < 4.78 is 38.6. The van der Waals surface area contributed by atoms with Gasteiger partial charge in [0, 0.05) is 23.1 Å². The molecule has 0 fully saturated rings. The molecule has 28 heavy (non-hydrogen) atoms. The zero-order valence-electron chi connectivity index (χ0n) is 14.0. The van der Waals surface area contributed by atoms with Gasteiger partial charge < -0.3 is 16.4 Å². The first-order chi connectivity index (χ1) is 13.1. The van der Waals surface area contributed by atoms with Gasteiger partial charge in [0.25, 0.3) is 11.8 Å². The van der Waals surface area contributed by atoms with Gasteiger partial charge in [-0.3, -0.25) is 9.59 Å². The Kier molecular flexibility index (Phi) is 6.28. The third-order valence-corrected chi connectivity index (χ3v) is 3.74. The Bertz CT molecular complexity index is 980. The van der Waals surface area contributed by atoms with Gasteiger partial charge in [-0.05, 0) is 42.5 Å². The lowest BCUT2D eigenvalue weighted by Crippen LogP contribution is -2.21. The van der Waals surface area contributed by atoms with E-state index in [1.54, 1.807) is 6.07 Å². The van der Waals surface area contributed by atoms with E-state index in [1.165, 1.54) is 24.3 Å². The van der Waals surface area contributed by atoms with Gasteiger partial charge in [0.2, 0.25) is 0 Å². The maximum atomic E-state index is 12.9. The van der Waals surface area contributed by atoms with Crippen LogP contribution in [0.5, 0.6) is 0 Å². The molecule has 2 aromatic carbocycles. The summed E-state index contributed by atoms with van der Waals surface area (Å²) in [6.45, 7) is 0. The van der Waals surface area contributed by atoms with Gasteiger partial charge in [-0.1, -0.05) is 11.6 Å². The number of amides is 2. The number of carbonyl (C=O) groups excluding carboxylic acids is 2. The van der Waals surface area contributed by atoms with Crippen molar-refractivity contribution in [1.29, 1.82) is 5.26 Å². The van der Waals surface area contributed by atoms with E-state index in [1.807, 2.05) is 0 Å². The Morgan fingerprint density at radius 3 is 2.36 bits per heavy atom. The van der Waals surface area contributed by atoms with Crippen LogP contribution in [0, 0.1) is 11.3 Å². The van der Waals surface area contributed by atoms with Gasteiger partial charge in [-0.2, -0.15) is 18.4 Å². The Balaban J connectivity index is 2.13. The van der Waals surface area contributed by atoms with Crippen LogP contribution in [0.2, 0.25) is 5.02 Å². The van der Waals surface area contributed by atoms with Crippen LogP contribution in [0.1, 0.15) is 15.9 Å². The van der Waals surface area contributed by atoms with Crippen LogP contribution in [0.15, 0.2) is 54.2 Å². The fourth-order valence-corrected chi connectivity index (χ4v) is 2.25. The first-order valence-electron chi connectivity index (χ1n) is 7.56. The molecule has 144 valence electrons. The molecule has 0 aliphatic rings. The topological polar surface area (TPSA) is 108 Å². The van der Waals surface area contributed by atoms with Crippen molar-refractivity contribution in [1.82, 2.24) is 5.32 Å². The second-order valence-electron chi connectivity index (χ2n) is 5.41. The number of anilines is 2. The number of nitrogen functional groups attached to an aromatic ring is 1. The monoisotopic (exact) mass is 408 g/mol. The molecule has 2 amide bonds. The molecule has 0 aliphatic carbocycles. The summed E-state index contributed by atoms with van der Waals surface area (Å²) in [6, 6.07) is 10.2. The van der Waals surface area contributed by atoms with Gasteiger partial charge in [0.1, 0.15) is 11.6 Å². The van der Waals surface area contributed by atoms with Crippen molar-refractivity contribution in [3.8, 4) is 6.07 Å². The molecule has 6 nitrogen and oxygen atoms in total. The lowest BCUT2D eigenvalue weighted by atomic mass is 10.2. The maximum Gasteiger partial charge on any atom is 0.417 e. The average Bonchev–Trinajstić information content (AvgIpc) is 2.63. The molecule has 2 aromatic rings. The van der Waals surface area contributed by atoms with E-state index in [9.17, 15) is 22.8 Å². The zero-order chi connectivity index (χ0) is 20.9. The van der Waals surface area contributed by atoms with E-state index in [4.69, 9.17) is 22.6 Å². The number of hydrogen-bond donors (Lipinski definition) is 3. The maximum absolute atomic E-state index is 12.9. The first-order valence-corrected chi connectivity index (χ1v) is 7.94. The number of nitriles is 1. The van der Waals surface area contributed by atoms with E-state index in [0.29, 0.717) is 11.8 Å². The van der Waals surface area contributed by atoms with Gasteiger partial charge in [-0.25, -0.2) is 0 Å². The summed E-state index contributed by atoms with van der Waals surface area (Å²) in [5.74, 6) is -1.61. The normalized spacial score (nSPS) is 11.5. The van der Waals surface area contributed by atoms with E-state index in [2.05, 4.69) is 10.6 Å². The highest BCUT2D eigenvalue weighted by atomic mass is 35.5. The standard InChI is InChI=1S/C18H12ClF3N4O2/c19-15-6-5-13(7-14(15)18(20,21)22)26-17(28)11(8-23)9-25-16(27)10-1-3-12(24)4-2-10/h1-7,9H,24H2,(H,25,27)(H,26,28)/b11-9-.